The molecule has 2 unspecified atom stereocenters. The Bertz CT molecular complexity index is 602. The Balaban J connectivity index is 1.89. The lowest BCUT2D eigenvalue weighted by Crippen LogP contribution is -2.54. The number of hydrogen-bond acceptors (Lipinski definition) is 3. The second-order valence-electron chi connectivity index (χ2n) is 6.75. The predicted molar refractivity (Wildman–Crippen MR) is 84.5 cm³/mol. The van der Waals surface area contributed by atoms with Crippen LogP contribution in [0.4, 0.5) is 8.78 Å². The highest BCUT2D eigenvalue weighted by Gasteiger charge is 2.44. The van der Waals surface area contributed by atoms with E-state index >= 15 is 0 Å². The molecular formula is C18H23F2NO3. The van der Waals surface area contributed by atoms with Gasteiger partial charge in [-0.3, -0.25) is 4.79 Å². The van der Waals surface area contributed by atoms with Gasteiger partial charge in [0.25, 0.3) is 0 Å². The van der Waals surface area contributed by atoms with Gasteiger partial charge in [0, 0.05) is 24.8 Å². The summed E-state index contributed by atoms with van der Waals surface area (Å²) in [6, 6.07) is 3.04. The van der Waals surface area contributed by atoms with Gasteiger partial charge in [-0.1, -0.05) is 18.9 Å². The largest absolute Gasteiger partial charge is 0.391 e. The smallest absolute Gasteiger partial charge is 0.231 e. The zero-order valence-corrected chi connectivity index (χ0v) is 13.6. The van der Waals surface area contributed by atoms with Crippen LogP contribution in [0.2, 0.25) is 0 Å². The van der Waals surface area contributed by atoms with Crippen molar-refractivity contribution in [2.75, 3.05) is 13.2 Å². The normalized spacial score (nSPS) is 26.8. The third-order valence-corrected chi connectivity index (χ3v) is 5.27. The van der Waals surface area contributed by atoms with E-state index in [1.807, 2.05) is 0 Å². The maximum absolute atomic E-state index is 14.4. The minimum Gasteiger partial charge on any atom is -0.391 e. The fourth-order valence-corrected chi connectivity index (χ4v) is 3.80. The number of aliphatic hydroxyl groups is 1. The average Bonchev–Trinajstić information content (AvgIpc) is 2.57. The molecule has 0 bridgehead atoms. The number of benzene rings is 1. The molecule has 4 nitrogen and oxygen atoms in total. The Morgan fingerprint density at radius 1 is 1.21 bits per heavy atom. The average molecular weight is 339 g/mol. The Hall–Kier alpha value is -1.53. The number of rotatable bonds is 3. The molecular weight excluding hydrogens is 316 g/mol. The van der Waals surface area contributed by atoms with Gasteiger partial charge in [0.1, 0.15) is 11.6 Å². The summed E-state index contributed by atoms with van der Waals surface area (Å²) in [4.78, 5) is 13.0. The number of aliphatic hydroxyl groups excluding tert-OH is 1. The summed E-state index contributed by atoms with van der Waals surface area (Å²) in [5.41, 5.74) is -0.872. The highest BCUT2D eigenvalue weighted by atomic mass is 19.1. The molecule has 1 saturated heterocycles. The zero-order valence-electron chi connectivity index (χ0n) is 13.6. The van der Waals surface area contributed by atoms with E-state index in [0.29, 0.717) is 38.9 Å². The molecule has 24 heavy (non-hydrogen) atoms. The van der Waals surface area contributed by atoms with Crippen molar-refractivity contribution < 1.29 is 23.4 Å². The van der Waals surface area contributed by atoms with Crippen molar-refractivity contribution in [3.8, 4) is 0 Å². The first-order valence-corrected chi connectivity index (χ1v) is 8.55. The van der Waals surface area contributed by atoms with Crippen molar-refractivity contribution in [2.24, 2.45) is 0 Å². The molecule has 1 aliphatic carbocycles. The van der Waals surface area contributed by atoms with Crippen LogP contribution in [0.25, 0.3) is 0 Å². The second-order valence-corrected chi connectivity index (χ2v) is 6.75. The number of amides is 1. The molecule has 2 aliphatic rings. The molecule has 1 heterocycles. The first-order chi connectivity index (χ1) is 11.5. The van der Waals surface area contributed by atoms with Gasteiger partial charge in [0.2, 0.25) is 5.91 Å². The van der Waals surface area contributed by atoms with Crippen molar-refractivity contribution in [2.45, 2.75) is 56.1 Å². The Labute approximate surface area is 140 Å². The Kier molecular flexibility index (Phi) is 5.15. The standard InChI is InChI=1S/C18H23F2NO3/c19-12-5-6-13(14(20)11-12)18(7-9-24-10-8-18)17(23)21-15-3-1-2-4-16(15)22/h5-6,11,15-16,22H,1-4,7-10H2,(H,21,23). The van der Waals surface area contributed by atoms with Crippen LogP contribution < -0.4 is 5.32 Å². The fourth-order valence-electron chi connectivity index (χ4n) is 3.80. The molecule has 2 N–H and O–H groups in total. The summed E-state index contributed by atoms with van der Waals surface area (Å²) in [5.74, 6) is -1.68. The lowest BCUT2D eigenvalue weighted by molar-refractivity contribution is -0.132. The summed E-state index contributed by atoms with van der Waals surface area (Å²) < 4.78 is 33.0. The van der Waals surface area contributed by atoms with Crippen molar-refractivity contribution in [3.63, 3.8) is 0 Å². The van der Waals surface area contributed by atoms with Gasteiger partial charge in [-0.2, -0.15) is 0 Å². The van der Waals surface area contributed by atoms with E-state index in [1.54, 1.807) is 0 Å². The van der Waals surface area contributed by atoms with E-state index in [2.05, 4.69) is 5.32 Å². The lowest BCUT2D eigenvalue weighted by Gasteiger charge is -2.39. The van der Waals surface area contributed by atoms with Gasteiger partial charge in [-0.05, 0) is 31.7 Å². The highest BCUT2D eigenvalue weighted by molar-refractivity contribution is 5.88. The zero-order chi connectivity index (χ0) is 17.2. The van der Waals surface area contributed by atoms with Gasteiger partial charge in [-0.15, -0.1) is 0 Å². The topological polar surface area (TPSA) is 58.6 Å². The first-order valence-electron chi connectivity index (χ1n) is 8.55. The third-order valence-electron chi connectivity index (χ3n) is 5.27. The van der Waals surface area contributed by atoms with Crippen LogP contribution in [0, 0.1) is 11.6 Å². The molecule has 6 heteroatoms. The molecule has 2 fully saturated rings. The van der Waals surface area contributed by atoms with Crippen LogP contribution in [-0.4, -0.2) is 36.4 Å². The maximum atomic E-state index is 14.4. The molecule has 2 atom stereocenters. The predicted octanol–water partition coefficient (Wildman–Crippen LogP) is 2.43. The monoisotopic (exact) mass is 339 g/mol. The Morgan fingerprint density at radius 3 is 2.58 bits per heavy atom. The van der Waals surface area contributed by atoms with Crippen molar-refractivity contribution in [1.82, 2.24) is 5.32 Å². The van der Waals surface area contributed by atoms with Gasteiger partial charge in [0.05, 0.1) is 17.6 Å². The number of halogens is 2. The number of carbonyl (C=O) groups excluding carboxylic acids is 1. The molecule has 1 aromatic carbocycles. The Morgan fingerprint density at radius 2 is 1.92 bits per heavy atom. The molecule has 1 amide bonds. The van der Waals surface area contributed by atoms with E-state index in [9.17, 15) is 18.7 Å². The summed E-state index contributed by atoms with van der Waals surface area (Å²) in [5, 5.41) is 13.0. The fraction of sp³-hybridized carbons (Fsp3) is 0.611. The maximum Gasteiger partial charge on any atom is 0.231 e. The van der Waals surface area contributed by atoms with Crippen LogP contribution >= 0.6 is 0 Å². The molecule has 0 aromatic heterocycles. The van der Waals surface area contributed by atoms with Crippen LogP contribution in [0.3, 0.4) is 0 Å². The van der Waals surface area contributed by atoms with Crippen molar-refractivity contribution >= 4 is 5.91 Å². The minimum atomic E-state index is -1.08. The quantitative estimate of drug-likeness (QED) is 0.889. The second kappa shape index (κ2) is 7.15. The summed E-state index contributed by atoms with van der Waals surface area (Å²) in [6.45, 7) is 0.689. The van der Waals surface area contributed by atoms with Crippen molar-refractivity contribution in [1.29, 1.82) is 0 Å². The number of nitrogens with one attached hydrogen (secondary N) is 1. The van der Waals surface area contributed by atoms with Crippen LogP contribution in [0.15, 0.2) is 18.2 Å². The first kappa shape index (κ1) is 17.3. The molecule has 0 spiro atoms. The molecule has 0 radical (unpaired) electrons. The number of carbonyl (C=O) groups is 1. The summed E-state index contributed by atoms with van der Waals surface area (Å²) in [6.07, 6.45) is 3.37. The SMILES string of the molecule is O=C(NC1CCCCC1O)C1(c2ccc(F)cc2F)CCOCC1. The van der Waals surface area contributed by atoms with E-state index < -0.39 is 23.2 Å². The molecule has 1 aromatic rings. The van der Waals surface area contributed by atoms with Gasteiger partial charge < -0.3 is 15.2 Å². The molecule has 132 valence electrons. The van der Waals surface area contributed by atoms with Crippen LogP contribution in [0.1, 0.15) is 44.1 Å². The van der Waals surface area contributed by atoms with Crippen LogP contribution in [0.5, 0.6) is 0 Å². The molecule has 1 saturated carbocycles. The van der Waals surface area contributed by atoms with Gasteiger partial charge >= 0.3 is 0 Å². The van der Waals surface area contributed by atoms with Gasteiger partial charge in [0.15, 0.2) is 0 Å². The van der Waals surface area contributed by atoms with Crippen molar-refractivity contribution in [3.05, 3.63) is 35.4 Å². The molecule has 3 rings (SSSR count). The third kappa shape index (κ3) is 3.30. The van der Waals surface area contributed by atoms with E-state index in [4.69, 9.17) is 4.74 Å². The summed E-state index contributed by atoms with van der Waals surface area (Å²) in [7, 11) is 0. The van der Waals surface area contributed by atoms with Crippen LogP contribution in [-0.2, 0) is 14.9 Å². The van der Waals surface area contributed by atoms with E-state index in [0.717, 1.165) is 18.9 Å². The minimum absolute atomic E-state index is 0.204. The lowest BCUT2D eigenvalue weighted by atomic mass is 9.72. The molecule has 1 aliphatic heterocycles. The van der Waals surface area contributed by atoms with Gasteiger partial charge in [-0.25, -0.2) is 8.78 Å². The number of hydrogen-bond donors (Lipinski definition) is 2. The summed E-state index contributed by atoms with van der Waals surface area (Å²) >= 11 is 0. The number of ether oxygens (including phenoxy) is 1. The highest BCUT2D eigenvalue weighted by Crippen LogP contribution is 2.37. The van der Waals surface area contributed by atoms with E-state index in [-0.39, 0.29) is 17.5 Å². The van der Waals surface area contributed by atoms with E-state index in [1.165, 1.54) is 12.1 Å².